The summed E-state index contributed by atoms with van der Waals surface area (Å²) in [5.41, 5.74) is 7.33. The molecular formula is C14H17ClN2O2S. The quantitative estimate of drug-likeness (QED) is 0.887. The zero-order valence-corrected chi connectivity index (χ0v) is 12.5. The van der Waals surface area contributed by atoms with Crippen molar-refractivity contribution in [1.29, 1.82) is 0 Å². The molecule has 6 heteroatoms. The first-order chi connectivity index (χ1) is 9.13. The van der Waals surface area contributed by atoms with Crippen LogP contribution in [0.4, 0.5) is 0 Å². The molecule has 0 saturated heterocycles. The number of hydrogen-bond donors (Lipinski definition) is 2. The van der Waals surface area contributed by atoms with Crippen LogP contribution in [0.1, 0.15) is 0 Å². The molecule has 3 N–H and O–H groups in total. The smallest absolute Gasteiger partial charge is 0.240 e. The molecule has 2 rings (SSSR count). The molecule has 0 fully saturated rings. The van der Waals surface area contributed by atoms with Crippen LogP contribution in [-0.4, -0.2) is 21.5 Å². The highest BCUT2D eigenvalue weighted by molar-refractivity contribution is 7.89. The van der Waals surface area contributed by atoms with E-state index in [-0.39, 0.29) is 30.4 Å². The molecular weight excluding hydrogens is 296 g/mol. The van der Waals surface area contributed by atoms with Crippen molar-refractivity contribution in [2.24, 2.45) is 5.73 Å². The minimum atomic E-state index is -3.45. The second-order valence-electron chi connectivity index (χ2n) is 4.08. The highest BCUT2D eigenvalue weighted by Gasteiger charge is 2.12. The lowest BCUT2D eigenvalue weighted by atomic mass is 10.1. The van der Waals surface area contributed by atoms with Gasteiger partial charge in [-0.3, -0.25) is 0 Å². The number of halogens is 1. The topological polar surface area (TPSA) is 72.2 Å². The number of rotatable bonds is 5. The van der Waals surface area contributed by atoms with E-state index in [1.165, 1.54) is 0 Å². The van der Waals surface area contributed by atoms with E-state index in [0.717, 1.165) is 11.1 Å². The SMILES string of the molecule is Cl.NCCNS(=O)(=O)c1ccc(-c2ccccc2)cc1. The lowest BCUT2D eigenvalue weighted by molar-refractivity contribution is 0.582. The zero-order chi connectivity index (χ0) is 13.7. The first kappa shape index (κ1) is 16.7. The Morgan fingerprint density at radius 2 is 1.45 bits per heavy atom. The molecule has 0 aliphatic rings. The van der Waals surface area contributed by atoms with E-state index in [1.807, 2.05) is 30.3 Å². The molecule has 0 bridgehead atoms. The molecule has 0 unspecified atom stereocenters. The molecule has 2 aromatic rings. The standard InChI is InChI=1S/C14H16N2O2S.ClH/c15-10-11-16-19(17,18)14-8-6-13(7-9-14)12-4-2-1-3-5-12;/h1-9,16H,10-11,15H2;1H. The van der Waals surface area contributed by atoms with Crippen molar-refractivity contribution in [3.8, 4) is 11.1 Å². The molecule has 2 aromatic carbocycles. The first-order valence-corrected chi connectivity index (χ1v) is 7.47. The van der Waals surface area contributed by atoms with Crippen molar-refractivity contribution >= 4 is 22.4 Å². The van der Waals surface area contributed by atoms with Crippen LogP contribution >= 0.6 is 12.4 Å². The fourth-order valence-electron chi connectivity index (χ4n) is 1.73. The van der Waals surface area contributed by atoms with Crippen LogP contribution in [0.2, 0.25) is 0 Å². The van der Waals surface area contributed by atoms with Crippen LogP contribution in [0, 0.1) is 0 Å². The second kappa shape index (κ2) is 7.40. The van der Waals surface area contributed by atoms with Crippen LogP contribution in [0.15, 0.2) is 59.5 Å². The minimum absolute atomic E-state index is 0. The second-order valence-corrected chi connectivity index (χ2v) is 5.84. The zero-order valence-electron chi connectivity index (χ0n) is 10.8. The molecule has 0 saturated carbocycles. The molecule has 0 atom stereocenters. The minimum Gasteiger partial charge on any atom is -0.329 e. The molecule has 0 spiro atoms. The van der Waals surface area contributed by atoms with Gasteiger partial charge in [0.2, 0.25) is 10.0 Å². The maximum absolute atomic E-state index is 11.9. The van der Waals surface area contributed by atoms with E-state index < -0.39 is 10.0 Å². The maximum atomic E-state index is 11.9. The van der Waals surface area contributed by atoms with Gasteiger partial charge in [0.25, 0.3) is 0 Å². The van der Waals surface area contributed by atoms with Gasteiger partial charge in [-0.25, -0.2) is 13.1 Å². The van der Waals surface area contributed by atoms with Crippen LogP contribution in [0.3, 0.4) is 0 Å². The summed E-state index contributed by atoms with van der Waals surface area (Å²) in [6, 6.07) is 16.6. The Bertz CT molecular complexity index is 628. The summed E-state index contributed by atoms with van der Waals surface area (Å²) in [7, 11) is -3.45. The van der Waals surface area contributed by atoms with Gasteiger partial charge in [-0.1, -0.05) is 42.5 Å². The van der Waals surface area contributed by atoms with Gasteiger partial charge in [-0.2, -0.15) is 0 Å². The van der Waals surface area contributed by atoms with Crippen molar-refractivity contribution in [1.82, 2.24) is 4.72 Å². The normalized spacial score (nSPS) is 10.8. The van der Waals surface area contributed by atoms with Crippen LogP contribution in [0.5, 0.6) is 0 Å². The van der Waals surface area contributed by atoms with Gasteiger partial charge in [-0.05, 0) is 23.3 Å². The molecule has 0 radical (unpaired) electrons. The van der Waals surface area contributed by atoms with Gasteiger partial charge in [0.1, 0.15) is 0 Å². The Morgan fingerprint density at radius 1 is 0.900 bits per heavy atom. The monoisotopic (exact) mass is 312 g/mol. The molecule has 0 aliphatic heterocycles. The van der Waals surface area contributed by atoms with Gasteiger partial charge in [0, 0.05) is 13.1 Å². The van der Waals surface area contributed by atoms with Crippen molar-refractivity contribution in [3.63, 3.8) is 0 Å². The number of sulfonamides is 1. The molecule has 0 aromatic heterocycles. The summed E-state index contributed by atoms with van der Waals surface area (Å²) in [5.74, 6) is 0. The third-order valence-electron chi connectivity index (χ3n) is 2.71. The average Bonchev–Trinajstić information content (AvgIpc) is 2.46. The highest BCUT2D eigenvalue weighted by Crippen LogP contribution is 2.20. The van der Waals surface area contributed by atoms with Gasteiger partial charge in [-0.15, -0.1) is 12.4 Å². The number of nitrogens with one attached hydrogen (secondary N) is 1. The van der Waals surface area contributed by atoms with Crippen LogP contribution < -0.4 is 10.5 Å². The van der Waals surface area contributed by atoms with Crippen molar-refractivity contribution < 1.29 is 8.42 Å². The van der Waals surface area contributed by atoms with Crippen molar-refractivity contribution in [2.75, 3.05) is 13.1 Å². The van der Waals surface area contributed by atoms with Gasteiger partial charge in [0.15, 0.2) is 0 Å². The summed E-state index contributed by atoms with van der Waals surface area (Å²) in [6.45, 7) is 0.518. The van der Waals surface area contributed by atoms with Crippen molar-refractivity contribution in [3.05, 3.63) is 54.6 Å². The molecule has 4 nitrogen and oxygen atoms in total. The van der Waals surface area contributed by atoms with Crippen molar-refractivity contribution in [2.45, 2.75) is 4.90 Å². The van der Waals surface area contributed by atoms with Gasteiger partial charge < -0.3 is 5.73 Å². The third-order valence-corrected chi connectivity index (χ3v) is 4.19. The fourth-order valence-corrected chi connectivity index (χ4v) is 2.78. The Balaban J connectivity index is 0.00000200. The summed E-state index contributed by atoms with van der Waals surface area (Å²) in [5, 5.41) is 0. The molecule has 20 heavy (non-hydrogen) atoms. The summed E-state index contributed by atoms with van der Waals surface area (Å²) >= 11 is 0. The van der Waals surface area contributed by atoms with E-state index in [9.17, 15) is 8.42 Å². The fraction of sp³-hybridized carbons (Fsp3) is 0.143. The molecule has 0 aliphatic carbocycles. The van der Waals surface area contributed by atoms with E-state index >= 15 is 0 Å². The lowest BCUT2D eigenvalue weighted by Gasteiger charge is -2.07. The van der Waals surface area contributed by atoms with E-state index in [4.69, 9.17) is 5.73 Å². The first-order valence-electron chi connectivity index (χ1n) is 5.99. The summed E-state index contributed by atoms with van der Waals surface area (Å²) < 4.78 is 26.2. The maximum Gasteiger partial charge on any atom is 0.240 e. The van der Waals surface area contributed by atoms with Crippen LogP contribution in [-0.2, 0) is 10.0 Å². The van der Waals surface area contributed by atoms with E-state index in [1.54, 1.807) is 24.3 Å². The summed E-state index contributed by atoms with van der Waals surface area (Å²) in [4.78, 5) is 0.251. The molecule has 108 valence electrons. The molecule has 0 heterocycles. The van der Waals surface area contributed by atoms with Crippen LogP contribution in [0.25, 0.3) is 11.1 Å². The predicted molar refractivity (Wildman–Crippen MR) is 83.4 cm³/mol. The van der Waals surface area contributed by atoms with Gasteiger partial charge >= 0.3 is 0 Å². The Labute approximate surface area is 125 Å². The predicted octanol–water partition coefficient (Wildman–Crippen LogP) is 2.01. The highest BCUT2D eigenvalue weighted by atomic mass is 35.5. The number of benzene rings is 2. The Hall–Kier alpha value is -1.40. The van der Waals surface area contributed by atoms with E-state index in [0.29, 0.717) is 0 Å². The Morgan fingerprint density at radius 3 is 2.00 bits per heavy atom. The van der Waals surface area contributed by atoms with Gasteiger partial charge in [0.05, 0.1) is 4.90 Å². The van der Waals surface area contributed by atoms with E-state index in [2.05, 4.69) is 4.72 Å². The molecule has 0 amide bonds. The summed E-state index contributed by atoms with van der Waals surface area (Å²) in [6.07, 6.45) is 0. The lowest BCUT2D eigenvalue weighted by Crippen LogP contribution is -2.29. The number of hydrogen-bond acceptors (Lipinski definition) is 3. The Kier molecular flexibility index (Phi) is 6.16. The number of nitrogens with two attached hydrogens (primary N) is 1. The third kappa shape index (κ3) is 4.05. The average molecular weight is 313 g/mol. The largest absolute Gasteiger partial charge is 0.329 e.